The van der Waals surface area contributed by atoms with E-state index in [2.05, 4.69) is 144 Å². The monoisotopic (exact) mass is 474 g/mol. The van der Waals surface area contributed by atoms with Crippen molar-refractivity contribution in [1.82, 2.24) is 8.97 Å². The number of pyridine rings is 1. The summed E-state index contributed by atoms with van der Waals surface area (Å²) in [6, 6.07) is 42.1. The molecule has 3 heterocycles. The maximum absolute atomic E-state index is 2.48. The molecule has 8 rings (SSSR count). The Bertz CT molecular complexity index is 2000. The Kier molecular flexibility index (Phi) is 4.03. The minimum atomic E-state index is -0.00142. The fraction of sp³-hybridized carbons (Fsp3) is 0.0857. The molecule has 0 saturated heterocycles. The molecule has 0 unspecified atom stereocenters. The van der Waals surface area contributed by atoms with Crippen LogP contribution in [-0.2, 0) is 5.41 Å². The lowest BCUT2D eigenvalue weighted by Crippen LogP contribution is -2.14. The van der Waals surface area contributed by atoms with Crippen molar-refractivity contribution in [2.24, 2.45) is 0 Å². The second kappa shape index (κ2) is 7.24. The van der Waals surface area contributed by atoms with Crippen LogP contribution in [0, 0.1) is 0 Å². The first-order chi connectivity index (χ1) is 18.1. The molecule has 2 nitrogen and oxygen atoms in total. The number of benzene rings is 4. The van der Waals surface area contributed by atoms with Crippen LogP contribution in [0.15, 0.2) is 121 Å². The summed E-state index contributed by atoms with van der Waals surface area (Å²) in [6.07, 6.45) is 2.19. The summed E-state index contributed by atoms with van der Waals surface area (Å²) in [4.78, 5) is 0. The summed E-state index contributed by atoms with van der Waals surface area (Å²) in [5, 5.41) is 2.58. The molecule has 176 valence electrons. The molecule has 3 aromatic heterocycles. The number of rotatable bonds is 2. The van der Waals surface area contributed by atoms with E-state index in [1.165, 1.54) is 66.5 Å². The molecule has 0 bridgehead atoms. The van der Waals surface area contributed by atoms with Crippen molar-refractivity contribution in [3.8, 4) is 28.1 Å². The summed E-state index contributed by atoms with van der Waals surface area (Å²) >= 11 is 0. The zero-order valence-corrected chi connectivity index (χ0v) is 20.9. The minimum Gasteiger partial charge on any atom is -0.314 e. The standard InChI is InChI=1S/C35H26N2/c1-35(2)28-16-8-6-14-25(28)27-22-24(19-20-29(27)35)37-30-17-9-7-15-26(30)32-31-18-10-11-21-36(31)33(34(32)37)23-12-4-3-5-13-23/h3-22H,1-2H3. The van der Waals surface area contributed by atoms with Crippen LogP contribution in [0.4, 0.5) is 0 Å². The summed E-state index contributed by atoms with van der Waals surface area (Å²) < 4.78 is 4.84. The van der Waals surface area contributed by atoms with Gasteiger partial charge in [-0.15, -0.1) is 0 Å². The molecular formula is C35H26N2. The Morgan fingerprint density at radius 1 is 0.595 bits per heavy atom. The van der Waals surface area contributed by atoms with E-state index in [0.717, 1.165) is 0 Å². The quantitative estimate of drug-likeness (QED) is 0.236. The van der Waals surface area contributed by atoms with Crippen LogP contribution >= 0.6 is 0 Å². The lowest BCUT2D eigenvalue weighted by molar-refractivity contribution is 0.660. The van der Waals surface area contributed by atoms with Crippen molar-refractivity contribution >= 4 is 27.3 Å². The third-order valence-electron chi connectivity index (χ3n) is 8.33. The molecule has 0 spiro atoms. The van der Waals surface area contributed by atoms with Gasteiger partial charge in [0.05, 0.1) is 22.2 Å². The summed E-state index contributed by atoms with van der Waals surface area (Å²) in [5.41, 5.74) is 12.9. The van der Waals surface area contributed by atoms with Crippen molar-refractivity contribution in [3.63, 3.8) is 0 Å². The van der Waals surface area contributed by atoms with Crippen LogP contribution in [-0.4, -0.2) is 8.97 Å². The van der Waals surface area contributed by atoms with E-state index in [0.29, 0.717) is 0 Å². The highest BCUT2D eigenvalue weighted by Gasteiger charge is 2.35. The number of fused-ring (bicyclic) bond motifs is 8. The molecule has 1 aliphatic carbocycles. The van der Waals surface area contributed by atoms with Gasteiger partial charge >= 0.3 is 0 Å². The zero-order valence-electron chi connectivity index (χ0n) is 20.9. The lowest BCUT2D eigenvalue weighted by Gasteiger charge is -2.21. The molecule has 0 atom stereocenters. The van der Waals surface area contributed by atoms with E-state index in [1.807, 2.05) is 0 Å². The van der Waals surface area contributed by atoms with Crippen molar-refractivity contribution in [2.75, 3.05) is 0 Å². The average molecular weight is 475 g/mol. The molecule has 7 aromatic rings. The molecule has 4 aromatic carbocycles. The van der Waals surface area contributed by atoms with Crippen LogP contribution in [0.25, 0.3) is 55.4 Å². The van der Waals surface area contributed by atoms with Gasteiger partial charge in [-0.05, 0) is 52.6 Å². The van der Waals surface area contributed by atoms with Gasteiger partial charge in [0, 0.05) is 33.6 Å². The predicted molar refractivity (Wildman–Crippen MR) is 155 cm³/mol. The van der Waals surface area contributed by atoms with Crippen LogP contribution in [0.2, 0.25) is 0 Å². The van der Waals surface area contributed by atoms with Gasteiger partial charge in [-0.1, -0.05) is 98.8 Å². The maximum atomic E-state index is 2.48. The van der Waals surface area contributed by atoms with Crippen LogP contribution < -0.4 is 0 Å². The molecule has 0 N–H and O–H groups in total. The molecule has 0 radical (unpaired) electrons. The number of para-hydroxylation sites is 1. The Balaban J connectivity index is 1.54. The van der Waals surface area contributed by atoms with Gasteiger partial charge in [0.2, 0.25) is 0 Å². The predicted octanol–water partition coefficient (Wildman–Crippen LogP) is 9.01. The number of nitrogens with zero attached hydrogens (tertiary/aromatic N) is 2. The average Bonchev–Trinajstić information content (AvgIpc) is 3.53. The zero-order chi connectivity index (χ0) is 24.7. The van der Waals surface area contributed by atoms with Gasteiger partial charge in [-0.2, -0.15) is 0 Å². The van der Waals surface area contributed by atoms with E-state index in [4.69, 9.17) is 0 Å². The Labute approximate surface area is 216 Å². The second-order valence-electron chi connectivity index (χ2n) is 10.6. The molecule has 37 heavy (non-hydrogen) atoms. The molecule has 0 saturated carbocycles. The summed E-state index contributed by atoms with van der Waals surface area (Å²) in [5.74, 6) is 0. The van der Waals surface area contributed by atoms with E-state index in [-0.39, 0.29) is 5.41 Å². The van der Waals surface area contributed by atoms with Crippen molar-refractivity contribution in [3.05, 3.63) is 133 Å². The minimum absolute atomic E-state index is 0.00142. The molecule has 0 aliphatic heterocycles. The van der Waals surface area contributed by atoms with E-state index in [1.54, 1.807) is 0 Å². The number of aromatic nitrogens is 2. The first kappa shape index (κ1) is 20.6. The van der Waals surface area contributed by atoms with Gasteiger partial charge in [-0.3, -0.25) is 0 Å². The Morgan fingerprint density at radius 3 is 2.19 bits per heavy atom. The largest absolute Gasteiger partial charge is 0.314 e. The van der Waals surface area contributed by atoms with Crippen LogP contribution in [0.5, 0.6) is 0 Å². The van der Waals surface area contributed by atoms with Crippen LogP contribution in [0.3, 0.4) is 0 Å². The van der Waals surface area contributed by atoms with Gasteiger partial charge in [0.15, 0.2) is 0 Å². The van der Waals surface area contributed by atoms with Crippen LogP contribution in [0.1, 0.15) is 25.0 Å². The third-order valence-corrected chi connectivity index (χ3v) is 8.33. The van der Waals surface area contributed by atoms with Crippen molar-refractivity contribution < 1.29 is 0 Å². The third kappa shape index (κ3) is 2.65. The van der Waals surface area contributed by atoms with Gasteiger partial charge in [0.25, 0.3) is 0 Å². The first-order valence-electron chi connectivity index (χ1n) is 13.0. The molecule has 0 amide bonds. The fourth-order valence-corrected chi connectivity index (χ4v) is 6.67. The second-order valence-corrected chi connectivity index (χ2v) is 10.6. The molecular weight excluding hydrogens is 448 g/mol. The summed E-state index contributed by atoms with van der Waals surface area (Å²) in [6.45, 7) is 4.68. The SMILES string of the molecule is CC1(C)c2ccccc2-c2cc(-n3c4ccccc4c4c3c(-c3ccccc3)n3ccccc43)ccc21. The van der Waals surface area contributed by atoms with Gasteiger partial charge in [-0.25, -0.2) is 0 Å². The normalized spacial score (nSPS) is 13.9. The van der Waals surface area contributed by atoms with E-state index >= 15 is 0 Å². The molecule has 2 heteroatoms. The Hall–Kier alpha value is -4.56. The molecule has 1 aliphatic rings. The fourth-order valence-electron chi connectivity index (χ4n) is 6.67. The van der Waals surface area contributed by atoms with Gasteiger partial charge in [0.1, 0.15) is 0 Å². The number of hydrogen-bond acceptors (Lipinski definition) is 0. The number of hydrogen-bond donors (Lipinski definition) is 0. The first-order valence-corrected chi connectivity index (χ1v) is 13.0. The highest BCUT2D eigenvalue weighted by molar-refractivity contribution is 6.21. The van der Waals surface area contributed by atoms with E-state index < -0.39 is 0 Å². The maximum Gasteiger partial charge on any atom is 0.0809 e. The Morgan fingerprint density at radius 2 is 1.30 bits per heavy atom. The van der Waals surface area contributed by atoms with Crippen molar-refractivity contribution in [1.29, 1.82) is 0 Å². The smallest absolute Gasteiger partial charge is 0.0809 e. The highest BCUT2D eigenvalue weighted by Crippen LogP contribution is 2.50. The van der Waals surface area contributed by atoms with E-state index in [9.17, 15) is 0 Å². The van der Waals surface area contributed by atoms with Crippen molar-refractivity contribution in [2.45, 2.75) is 19.3 Å². The topological polar surface area (TPSA) is 9.34 Å². The summed E-state index contributed by atoms with van der Waals surface area (Å²) in [7, 11) is 0. The molecule has 0 fully saturated rings. The lowest BCUT2D eigenvalue weighted by atomic mass is 9.82. The highest BCUT2D eigenvalue weighted by atomic mass is 15.0. The van der Waals surface area contributed by atoms with Gasteiger partial charge < -0.3 is 8.97 Å².